The summed E-state index contributed by atoms with van der Waals surface area (Å²) < 4.78 is 0. The van der Waals surface area contributed by atoms with E-state index in [9.17, 15) is 4.79 Å². The zero-order valence-corrected chi connectivity index (χ0v) is 18.4. The molecule has 160 valence electrons. The number of rotatable bonds is 18. The number of anilines is 1. The summed E-state index contributed by atoms with van der Waals surface area (Å²) in [5.74, 6) is 1.59. The van der Waals surface area contributed by atoms with Crippen LogP contribution in [-0.2, 0) is 16.3 Å². The van der Waals surface area contributed by atoms with Gasteiger partial charge in [0, 0.05) is 5.69 Å². The molecule has 0 radical (unpaired) electrons. The summed E-state index contributed by atoms with van der Waals surface area (Å²) in [5.41, 5.74) is 1.64. The van der Waals surface area contributed by atoms with E-state index in [2.05, 4.69) is 17.1 Å². The third-order valence-corrected chi connectivity index (χ3v) is 5.89. The van der Waals surface area contributed by atoms with Crippen molar-refractivity contribution >= 4 is 23.4 Å². The quantitative estimate of drug-likeness (QED) is 0.155. The molecule has 0 heterocycles. The van der Waals surface area contributed by atoms with Crippen LogP contribution in [0, 0.1) is 0 Å². The molecule has 0 bridgehead atoms. The lowest BCUT2D eigenvalue weighted by atomic mass is 10.1. The Bertz CT molecular complexity index is 493. The predicted octanol–water partition coefficient (Wildman–Crippen LogP) is 7.05. The van der Waals surface area contributed by atoms with E-state index in [1.54, 1.807) is 11.8 Å². The molecule has 0 aliphatic rings. The molecule has 0 fully saturated rings. The van der Waals surface area contributed by atoms with Crippen LogP contribution in [0.15, 0.2) is 24.3 Å². The number of nitrogens with one attached hydrogen (secondary N) is 1. The summed E-state index contributed by atoms with van der Waals surface area (Å²) in [4.78, 5) is 16.0. The lowest BCUT2D eigenvalue weighted by Crippen LogP contribution is -2.14. The first kappa shape index (κ1) is 25.0. The number of carbonyl (C=O) groups is 1. The van der Waals surface area contributed by atoms with Gasteiger partial charge in [0.15, 0.2) is 0 Å². The number of carbonyl (C=O) groups excluding carboxylic acids is 1. The zero-order chi connectivity index (χ0) is 20.3. The van der Waals surface area contributed by atoms with Crippen molar-refractivity contribution in [2.45, 2.75) is 90.6 Å². The highest BCUT2D eigenvalue weighted by Crippen LogP contribution is 2.14. The van der Waals surface area contributed by atoms with Crippen molar-refractivity contribution in [3.63, 3.8) is 0 Å². The number of hydrogen-bond donors (Lipinski definition) is 2. The molecule has 1 aromatic rings. The smallest absolute Gasteiger partial charge is 0.234 e. The van der Waals surface area contributed by atoms with Gasteiger partial charge < -0.3 is 5.32 Å². The lowest BCUT2D eigenvalue weighted by Gasteiger charge is -2.06. The van der Waals surface area contributed by atoms with Crippen molar-refractivity contribution in [2.75, 3.05) is 16.8 Å². The van der Waals surface area contributed by atoms with Crippen molar-refractivity contribution in [1.29, 1.82) is 0 Å². The van der Waals surface area contributed by atoms with Gasteiger partial charge in [-0.25, -0.2) is 4.89 Å². The molecule has 0 aliphatic carbocycles. The number of thioether (sulfide) groups is 1. The zero-order valence-electron chi connectivity index (χ0n) is 17.6. The summed E-state index contributed by atoms with van der Waals surface area (Å²) in [6.07, 6.45) is 16.3. The second-order valence-corrected chi connectivity index (χ2v) is 8.57. The SMILES string of the molecule is CCCCCCCCCCCCCCSCC(=O)Nc1ccc(COO)cc1. The number of benzene rings is 1. The van der Waals surface area contributed by atoms with E-state index in [4.69, 9.17) is 5.26 Å². The van der Waals surface area contributed by atoms with E-state index in [0.29, 0.717) is 5.75 Å². The fraction of sp³-hybridized carbons (Fsp3) is 0.696. The monoisotopic (exact) mass is 409 g/mol. The Morgan fingerprint density at radius 3 is 1.96 bits per heavy atom. The van der Waals surface area contributed by atoms with Crippen LogP contribution in [0.4, 0.5) is 5.69 Å². The van der Waals surface area contributed by atoms with Gasteiger partial charge in [-0.3, -0.25) is 10.1 Å². The molecule has 1 aromatic carbocycles. The van der Waals surface area contributed by atoms with Crippen molar-refractivity contribution < 1.29 is 14.9 Å². The van der Waals surface area contributed by atoms with Gasteiger partial charge in [0.05, 0.1) is 5.75 Å². The van der Waals surface area contributed by atoms with Crippen LogP contribution in [0.5, 0.6) is 0 Å². The Labute approximate surface area is 175 Å². The molecule has 0 saturated heterocycles. The fourth-order valence-electron chi connectivity index (χ4n) is 3.17. The largest absolute Gasteiger partial charge is 0.325 e. The molecule has 0 atom stereocenters. The summed E-state index contributed by atoms with van der Waals surface area (Å²) in [7, 11) is 0. The molecule has 4 nitrogen and oxygen atoms in total. The number of unbranched alkanes of at least 4 members (excludes halogenated alkanes) is 11. The van der Waals surface area contributed by atoms with Crippen LogP contribution in [0.25, 0.3) is 0 Å². The van der Waals surface area contributed by atoms with Gasteiger partial charge in [-0.05, 0) is 29.9 Å². The first-order chi connectivity index (χ1) is 13.8. The van der Waals surface area contributed by atoms with Crippen LogP contribution in [0.3, 0.4) is 0 Å². The molecule has 0 aliphatic heterocycles. The number of amides is 1. The molecule has 0 saturated carbocycles. The van der Waals surface area contributed by atoms with Gasteiger partial charge in [-0.1, -0.05) is 89.7 Å². The van der Waals surface area contributed by atoms with Gasteiger partial charge in [-0.2, -0.15) is 11.8 Å². The lowest BCUT2D eigenvalue weighted by molar-refractivity contribution is -0.253. The van der Waals surface area contributed by atoms with Crippen LogP contribution >= 0.6 is 11.8 Å². The molecule has 1 amide bonds. The van der Waals surface area contributed by atoms with Gasteiger partial charge in [-0.15, -0.1) is 0 Å². The van der Waals surface area contributed by atoms with Crippen molar-refractivity contribution in [3.8, 4) is 0 Å². The number of hydrogen-bond acceptors (Lipinski definition) is 4. The third-order valence-electron chi connectivity index (χ3n) is 4.84. The van der Waals surface area contributed by atoms with E-state index in [-0.39, 0.29) is 12.5 Å². The normalized spacial score (nSPS) is 10.9. The minimum Gasteiger partial charge on any atom is -0.325 e. The Kier molecular flexibility index (Phi) is 16.1. The molecular formula is C23H39NO3S. The molecule has 0 unspecified atom stereocenters. The summed E-state index contributed by atoms with van der Waals surface area (Å²) in [6, 6.07) is 7.29. The van der Waals surface area contributed by atoms with E-state index < -0.39 is 0 Å². The third kappa shape index (κ3) is 14.0. The summed E-state index contributed by atoms with van der Waals surface area (Å²) in [6.45, 7) is 2.42. The Morgan fingerprint density at radius 1 is 0.893 bits per heavy atom. The highest BCUT2D eigenvalue weighted by Gasteiger charge is 2.03. The van der Waals surface area contributed by atoms with E-state index in [0.717, 1.165) is 17.0 Å². The van der Waals surface area contributed by atoms with Gasteiger partial charge in [0.25, 0.3) is 0 Å². The van der Waals surface area contributed by atoms with Crippen molar-refractivity contribution in [1.82, 2.24) is 0 Å². The van der Waals surface area contributed by atoms with Crippen LogP contribution in [-0.4, -0.2) is 22.7 Å². The first-order valence-electron chi connectivity index (χ1n) is 11.0. The van der Waals surface area contributed by atoms with E-state index >= 15 is 0 Å². The minimum atomic E-state index is 0.0371. The summed E-state index contributed by atoms with van der Waals surface area (Å²) >= 11 is 1.71. The highest BCUT2D eigenvalue weighted by atomic mass is 32.2. The molecule has 2 N–H and O–H groups in total. The average molecular weight is 410 g/mol. The fourth-order valence-corrected chi connectivity index (χ4v) is 3.98. The highest BCUT2D eigenvalue weighted by molar-refractivity contribution is 7.99. The second-order valence-electron chi connectivity index (χ2n) is 7.46. The maximum atomic E-state index is 11.9. The molecule has 5 heteroatoms. The Morgan fingerprint density at radius 2 is 1.43 bits per heavy atom. The molecule has 0 spiro atoms. The topological polar surface area (TPSA) is 58.6 Å². The first-order valence-corrected chi connectivity index (χ1v) is 12.1. The van der Waals surface area contributed by atoms with Gasteiger partial charge >= 0.3 is 0 Å². The molecule has 0 aromatic heterocycles. The van der Waals surface area contributed by atoms with Crippen molar-refractivity contribution in [3.05, 3.63) is 29.8 Å². The molecule has 1 rings (SSSR count). The Hall–Kier alpha value is -1.04. The minimum absolute atomic E-state index is 0.0371. The van der Waals surface area contributed by atoms with E-state index in [1.165, 1.54) is 77.0 Å². The average Bonchev–Trinajstić information content (AvgIpc) is 2.70. The molecule has 28 heavy (non-hydrogen) atoms. The maximum absolute atomic E-state index is 11.9. The van der Waals surface area contributed by atoms with Gasteiger partial charge in [0.2, 0.25) is 5.91 Å². The van der Waals surface area contributed by atoms with Crippen LogP contribution < -0.4 is 5.32 Å². The predicted molar refractivity (Wildman–Crippen MR) is 121 cm³/mol. The van der Waals surface area contributed by atoms with Gasteiger partial charge in [0.1, 0.15) is 6.61 Å². The molecular weight excluding hydrogens is 370 g/mol. The van der Waals surface area contributed by atoms with Crippen molar-refractivity contribution in [2.24, 2.45) is 0 Å². The van der Waals surface area contributed by atoms with Crippen LogP contribution in [0.2, 0.25) is 0 Å². The van der Waals surface area contributed by atoms with E-state index in [1.807, 2.05) is 24.3 Å². The summed E-state index contributed by atoms with van der Waals surface area (Å²) in [5, 5.41) is 11.3. The maximum Gasteiger partial charge on any atom is 0.234 e. The van der Waals surface area contributed by atoms with Crippen LogP contribution in [0.1, 0.15) is 89.5 Å². The standard InChI is InChI=1S/C23H39NO3S/c1-2-3-4-5-6-7-8-9-10-11-12-13-18-28-20-23(25)24-22-16-14-21(15-17-22)19-27-26/h14-17,26H,2-13,18-20H2,1H3,(H,24,25). The second kappa shape index (κ2) is 18.0. The Balaban J connectivity index is 1.88.